The summed E-state index contributed by atoms with van der Waals surface area (Å²) in [5.41, 5.74) is -0.112. The van der Waals surface area contributed by atoms with Crippen LogP contribution in [0.5, 0.6) is 0 Å². The maximum atomic E-state index is 14.2. The van der Waals surface area contributed by atoms with Crippen molar-refractivity contribution < 1.29 is 19.1 Å². The molecule has 0 aromatic heterocycles. The Bertz CT molecular complexity index is 1250. The van der Waals surface area contributed by atoms with E-state index >= 15 is 0 Å². The molecule has 1 saturated carbocycles. The van der Waals surface area contributed by atoms with E-state index < -0.39 is 10.9 Å². The lowest BCUT2D eigenvalue weighted by atomic mass is 9.77. The predicted molar refractivity (Wildman–Crippen MR) is 242 cm³/mol. The number of esters is 2. The van der Waals surface area contributed by atoms with Crippen molar-refractivity contribution in [2.75, 3.05) is 43.9 Å². The van der Waals surface area contributed by atoms with Crippen molar-refractivity contribution in [1.29, 1.82) is 0 Å². The monoisotopic (exact) mass is 814 g/mol. The molecule has 1 heterocycles. The molecule has 1 aromatic carbocycles. The minimum Gasteiger partial charge on any atom is -0.458 e. The number of anilines is 2. The lowest BCUT2D eigenvalue weighted by Gasteiger charge is -2.39. The zero-order valence-corrected chi connectivity index (χ0v) is 38.0. The Morgan fingerprint density at radius 1 is 0.586 bits per heavy atom. The van der Waals surface area contributed by atoms with Crippen LogP contribution in [0, 0.1) is 17.3 Å². The van der Waals surface area contributed by atoms with Gasteiger partial charge in [0, 0.05) is 13.6 Å². The number of nitrogens with one attached hydrogen (secondary N) is 2. The highest BCUT2D eigenvalue weighted by Gasteiger charge is 2.50. The molecule has 1 aliphatic carbocycles. The molecule has 9 nitrogen and oxygen atoms in total. The molecule has 1 aliphatic heterocycles. The largest absolute Gasteiger partial charge is 0.458 e. The summed E-state index contributed by atoms with van der Waals surface area (Å²) in [5.74, 6) is -0.297. The van der Waals surface area contributed by atoms with E-state index in [-0.39, 0.29) is 41.4 Å². The molecule has 2 fully saturated rings. The first kappa shape index (κ1) is 49.9. The Morgan fingerprint density at radius 3 is 1.34 bits per heavy atom. The van der Waals surface area contributed by atoms with Crippen molar-refractivity contribution in [3.05, 3.63) is 20.4 Å². The van der Waals surface area contributed by atoms with Gasteiger partial charge in [-0.15, -0.1) is 0 Å². The summed E-state index contributed by atoms with van der Waals surface area (Å²) >= 11 is 0. The summed E-state index contributed by atoms with van der Waals surface area (Å²) in [4.78, 5) is 54.5. The second-order valence-electron chi connectivity index (χ2n) is 18.3. The lowest BCUT2D eigenvalue weighted by molar-refractivity contribution is -0.171. The summed E-state index contributed by atoms with van der Waals surface area (Å²) in [6.07, 6.45) is 30.8. The molecule has 1 aromatic rings. The lowest BCUT2D eigenvalue weighted by Crippen LogP contribution is -2.40. The molecule has 9 heteroatoms. The van der Waals surface area contributed by atoms with Crippen LogP contribution in [0.15, 0.2) is 9.59 Å². The molecule has 1 spiro atoms. The molecule has 3 rings (SSSR count). The fourth-order valence-electron chi connectivity index (χ4n) is 9.64. The van der Waals surface area contributed by atoms with Crippen LogP contribution >= 0.6 is 0 Å². The minimum atomic E-state index is -0.448. The Hall–Kier alpha value is -2.42. The zero-order valence-electron chi connectivity index (χ0n) is 38.0. The quantitative estimate of drug-likeness (QED) is 0.0399. The summed E-state index contributed by atoms with van der Waals surface area (Å²) < 4.78 is 13.2. The number of ether oxygens (including phenoxy) is 2. The summed E-state index contributed by atoms with van der Waals surface area (Å²) in [7, 11) is 1.66. The standard InChI is InChI=1S/C49H87N3O6/c1-6-10-14-18-22-27-39(28-23-19-15-11-7-2)47(55)57-41-37-49(31-35-52(36-32-49)34-26-33-51-44-43(50-5)45(53)46(44)54)38-42(41)58-48(56)40(29-24-20-16-12-8-3)30-25-21-17-13-9-4/h39-42,50-51H,6-38H2,1-5H3/t41-,42-/m1/s1. The van der Waals surface area contributed by atoms with E-state index in [1.807, 2.05) is 0 Å². The van der Waals surface area contributed by atoms with Gasteiger partial charge < -0.3 is 25.0 Å². The number of carbonyl (C=O) groups is 2. The summed E-state index contributed by atoms with van der Waals surface area (Å²) in [6.45, 7) is 12.4. The molecule has 334 valence electrons. The van der Waals surface area contributed by atoms with Crippen LogP contribution in [0.25, 0.3) is 0 Å². The van der Waals surface area contributed by atoms with Crippen LogP contribution < -0.4 is 21.5 Å². The van der Waals surface area contributed by atoms with Crippen LogP contribution in [0.1, 0.15) is 214 Å². The van der Waals surface area contributed by atoms with Crippen LogP contribution in [0.2, 0.25) is 0 Å². The van der Waals surface area contributed by atoms with Gasteiger partial charge in [0.25, 0.3) is 10.9 Å². The first-order valence-electron chi connectivity index (χ1n) is 24.6. The topological polar surface area (TPSA) is 114 Å². The molecular weight excluding hydrogens is 727 g/mol. The number of carbonyl (C=O) groups excluding carboxylic acids is 2. The van der Waals surface area contributed by atoms with Crippen molar-refractivity contribution in [2.24, 2.45) is 17.3 Å². The van der Waals surface area contributed by atoms with Gasteiger partial charge in [0.2, 0.25) is 0 Å². The molecule has 0 amide bonds. The van der Waals surface area contributed by atoms with Gasteiger partial charge in [-0.3, -0.25) is 19.2 Å². The number of piperidine rings is 1. The molecule has 0 radical (unpaired) electrons. The van der Waals surface area contributed by atoms with Crippen LogP contribution in [-0.2, 0) is 19.1 Å². The van der Waals surface area contributed by atoms with Gasteiger partial charge >= 0.3 is 11.9 Å². The molecule has 0 bridgehead atoms. The first-order chi connectivity index (χ1) is 28.2. The maximum Gasteiger partial charge on any atom is 0.309 e. The number of likely N-dealkylation sites (tertiary alicyclic amines) is 1. The number of rotatable bonds is 34. The van der Waals surface area contributed by atoms with E-state index in [0.29, 0.717) is 17.9 Å². The van der Waals surface area contributed by atoms with Gasteiger partial charge in [-0.05, 0) is 82.8 Å². The summed E-state index contributed by atoms with van der Waals surface area (Å²) in [6, 6.07) is 0. The average Bonchev–Trinajstić information content (AvgIpc) is 3.54. The number of hydrogen-bond acceptors (Lipinski definition) is 9. The molecule has 0 unspecified atom stereocenters. The van der Waals surface area contributed by atoms with Gasteiger partial charge in [0.1, 0.15) is 23.6 Å². The summed E-state index contributed by atoms with van der Waals surface area (Å²) in [5, 5.41) is 5.99. The number of unbranched alkanes of at least 4 members (excludes halogenated alkanes) is 16. The van der Waals surface area contributed by atoms with Crippen molar-refractivity contribution in [3.8, 4) is 0 Å². The Kier molecular flexibility index (Phi) is 24.9. The molecule has 58 heavy (non-hydrogen) atoms. The molecule has 2 atom stereocenters. The van der Waals surface area contributed by atoms with E-state index in [0.717, 1.165) is 129 Å². The third-order valence-corrected chi connectivity index (χ3v) is 13.5. The minimum absolute atomic E-state index is 0.0124. The average molecular weight is 814 g/mol. The van der Waals surface area contributed by atoms with Crippen LogP contribution in [-0.4, -0.2) is 62.3 Å². The fraction of sp³-hybridized carbons (Fsp3) is 0.878. The Balaban J connectivity index is 1.69. The van der Waals surface area contributed by atoms with Gasteiger partial charge in [-0.1, -0.05) is 156 Å². The smallest absolute Gasteiger partial charge is 0.309 e. The van der Waals surface area contributed by atoms with Gasteiger partial charge in [-0.2, -0.15) is 0 Å². The zero-order chi connectivity index (χ0) is 42.0. The molecule has 2 N–H and O–H groups in total. The predicted octanol–water partition coefficient (Wildman–Crippen LogP) is 11.5. The van der Waals surface area contributed by atoms with E-state index in [9.17, 15) is 19.2 Å². The third-order valence-electron chi connectivity index (χ3n) is 13.5. The third kappa shape index (κ3) is 17.3. The Morgan fingerprint density at radius 2 is 0.966 bits per heavy atom. The highest BCUT2D eigenvalue weighted by atomic mass is 16.6. The maximum absolute atomic E-state index is 14.2. The van der Waals surface area contributed by atoms with Crippen molar-refractivity contribution >= 4 is 23.3 Å². The fourth-order valence-corrected chi connectivity index (χ4v) is 9.64. The van der Waals surface area contributed by atoms with Crippen molar-refractivity contribution in [2.45, 2.75) is 226 Å². The van der Waals surface area contributed by atoms with Crippen LogP contribution in [0.3, 0.4) is 0 Å². The van der Waals surface area contributed by atoms with Gasteiger partial charge in [0.05, 0.1) is 11.8 Å². The van der Waals surface area contributed by atoms with E-state index in [2.05, 4.69) is 43.2 Å². The van der Waals surface area contributed by atoms with Crippen molar-refractivity contribution in [1.82, 2.24) is 4.90 Å². The Labute approximate surface area is 354 Å². The van der Waals surface area contributed by atoms with Crippen LogP contribution in [0.4, 0.5) is 11.4 Å². The second kappa shape index (κ2) is 28.9. The van der Waals surface area contributed by atoms with E-state index in [4.69, 9.17) is 9.47 Å². The second-order valence-corrected chi connectivity index (χ2v) is 18.3. The number of hydrogen-bond donors (Lipinski definition) is 2. The molecular formula is C49H87N3O6. The first-order valence-corrected chi connectivity index (χ1v) is 24.6. The SMILES string of the molecule is CCCCCCCC(CCCCCCC)C(=O)O[C@@H]1CC2(CCN(CCCNc3c(NC)c(=O)c3=O)CC2)C[C@H]1OC(=O)C(CCCCCCC)CCCCCCC. The highest BCUT2D eigenvalue weighted by Crippen LogP contribution is 2.49. The van der Waals surface area contributed by atoms with Gasteiger partial charge in [0.15, 0.2) is 0 Å². The number of nitrogens with zero attached hydrogens (tertiary/aromatic N) is 1. The highest BCUT2D eigenvalue weighted by molar-refractivity contribution is 5.74. The van der Waals surface area contributed by atoms with E-state index in [1.54, 1.807) is 7.05 Å². The normalized spacial score (nSPS) is 18.1. The molecule has 2 aliphatic rings. The van der Waals surface area contributed by atoms with Gasteiger partial charge in [-0.25, -0.2) is 0 Å². The van der Waals surface area contributed by atoms with E-state index in [1.165, 1.54) is 77.0 Å². The van der Waals surface area contributed by atoms with Crippen molar-refractivity contribution in [3.63, 3.8) is 0 Å². The molecule has 1 saturated heterocycles.